The van der Waals surface area contributed by atoms with Gasteiger partial charge in [-0.3, -0.25) is 4.79 Å². The molecule has 0 heterocycles. The van der Waals surface area contributed by atoms with Crippen molar-refractivity contribution in [3.05, 3.63) is 29.8 Å². The first-order chi connectivity index (χ1) is 10.5. The zero-order valence-corrected chi connectivity index (χ0v) is 14.1. The molecule has 0 aromatic heterocycles. The van der Waals surface area contributed by atoms with Crippen LogP contribution in [0, 0.1) is 0 Å². The molecule has 1 fully saturated rings. The number of likely N-dealkylation sites (N-methyl/N-ethyl adjacent to an activating group) is 1. The van der Waals surface area contributed by atoms with Gasteiger partial charge in [-0.25, -0.2) is 0 Å². The van der Waals surface area contributed by atoms with Crippen LogP contribution in [0.4, 0.5) is 0 Å². The number of methoxy groups -OCH3 is 1. The second-order valence-corrected chi connectivity index (χ2v) is 6.82. The van der Waals surface area contributed by atoms with Crippen molar-refractivity contribution in [3.8, 4) is 5.75 Å². The lowest BCUT2D eigenvalue weighted by Gasteiger charge is -2.35. The normalized spacial score (nSPS) is 15.8. The highest BCUT2D eigenvalue weighted by Gasteiger charge is 2.32. The van der Waals surface area contributed by atoms with Gasteiger partial charge in [0.1, 0.15) is 5.75 Å². The SMILES string of the molecule is COc1ccc(CCNC(=O)C[N+](C)(C)C2CCCC2)cc1. The number of hydrogen-bond acceptors (Lipinski definition) is 2. The Balaban J connectivity index is 1.72. The minimum atomic E-state index is 0.158. The molecule has 0 radical (unpaired) electrons. The molecule has 0 unspecified atom stereocenters. The summed E-state index contributed by atoms with van der Waals surface area (Å²) >= 11 is 0. The summed E-state index contributed by atoms with van der Waals surface area (Å²) in [5.74, 6) is 1.02. The lowest BCUT2D eigenvalue weighted by molar-refractivity contribution is -0.906. The van der Waals surface area contributed by atoms with Crippen molar-refractivity contribution >= 4 is 5.91 Å². The van der Waals surface area contributed by atoms with Gasteiger partial charge in [0.05, 0.1) is 27.2 Å². The van der Waals surface area contributed by atoms with E-state index in [1.807, 2.05) is 24.3 Å². The van der Waals surface area contributed by atoms with Gasteiger partial charge in [0, 0.05) is 6.54 Å². The van der Waals surface area contributed by atoms with Gasteiger partial charge >= 0.3 is 0 Å². The van der Waals surface area contributed by atoms with Gasteiger partial charge in [-0.15, -0.1) is 0 Å². The van der Waals surface area contributed by atoms with Gasteiger partial charge in [-0.2, -0.15) is 0 Å². The monoisotopic (exact) mass is 305 g/mol. The van der Waals surface area contributed by atoms with Gasteiger partial charge in [-0.1, -0.05) is 12.1 Å². The minimum absolute atomic E-state index is 0.158. The van der Waals surface area contributed by atoms with Crippen LogP contribution < -0.4 is 10.1 Å². The lowest BCUT2D eigenvalue weighted by Crippen LogP contribution is -2.53. The average molecular weight is 305 g/mol. The number of quaternary nitrogens is 1. The molecule has 0 saturated heterocycles. The Labute approximate surface area is 134 Å². The lowest BCUT2D eigenvalue weighted by atomic mass is 10.1. The van der Waals surface area contributed by atoms with Gasteiger partial charge in [0.15, 0.2) is 6.54 Å². The number of ether oxygens (including phenoxy) is 1. The number of benzene rings is 1. The van der Waals surface area contributed by atoms with Crippen LogP contribution in [0.15, 0.2) is 24.3 Å². The molecule has 4 heteroatoms. The maximum Gasteiger partial charge on any atom is 0.275 e. The summed E-state index contributed by atoms with van der Waals surface area (Å²) in [6, 6.07) is 8.65. The first-order valence-electron chi connectivity index (χ1n) is 8.23. The Morgan fingerprint density at radius 1 is 1.23 bits per heavy atom. The fourth-order valence-electron chi connectivity index (χ4n) is 3.30. The van der Waals surface area contributed by atoms with Crippen LogP contribution in [-0.2, 0) is 11.2 Å². The second kappa shape index (κ2) is 7.63. The van der Waals surface area contributed by atoms with E-state index < -0.39 is 0 Å². The molecule has 2 rings (SSSR count). The largest absolute Gasteiger partial charge is 0.497 e. The molecule has 122 valence electrons. The van der Waals surface area contributed by atoms with Gasteiger partial charge < -0.3 is 14.5 Å². The third kappa shape index (κ3) is 4.73. The summed E-state index contributed by atoms with van der Waals surface area (Å²) in [6.07, 6.45) is 5.99. The molecule has 1 aliphatic carbocycles. The predicted octanol–water partition coefficient (Wildman–Crippen LogP) is 2.37. The number of nitrogens with zero attached hydrogens (tertiary/aromatic N) is 1. The van der Waals surface area contributed by atoms with E-state index in [0.29, 0.717) is 19.1 Å². The minimum Gasteiger partial charge on any atom is -0.497 e. The maximum absolute atomic E-state index is 12.2. The van der Waals surface area contributed by atoms with Gasteiger partial charge in [0.2, 0.25) is 0 Å². The molecular weight excluding hydrogens is 276 g/mol. The molecule has 22 heavy (non-hydrogen) atoms. The number of carbonyl (C=O) groups is 1. The molecule has 0 atom stereocenters. The van der Waals surface area contributed by atoms with E-state index >= 15 is 0 Å². The Kier molecular flexibility index (Phi) is 5.83. The topological polar surface area (TPSA) is 38.3 Å². The zero-order valence-electron chi connectivity index (χ0n) is 14.1. The number of nitrogens with one attached hydrogen (secondary N) is 1. The number of hydrogen-bond donors (Lipinski definition) is 1. The molecule has 1 aromatic rings. The number of rotatable bonds is 7. The Morgan fingerprint density at radius 3 is 2.45 bits per heavy atom. The van der Waals surface area contributed by atoms with E-state index in [0.717, 1.165) is 16.7 Å². The first-order valence-corrected chi connectivity index (χ1v) is 8.23. The van der Waals surface area contributed by atoms with Crippen LogP contribution >= 0.6 is 0 Å². The fraction of sp³-hybridized carbons (Fsp3) is 0.611. The van der Waals surface area contributed by atoms with E-state index in [2.05, 4.69) is 19.4 Å². The van der Waals surface area contributed by atoms with Crippen LogP contribution in [0.3, 0.4) is 0 Å². The highest BCUT2D eigenvalue weighted by molar-refractivity contribution is 5.77. The third-order valence-electron chi connectivity index (χ3n) is 4.76. The van der Waals surface area contributed by atoms with E-state index in [-0.39, 0.29) is 5.91 Å². The maximum atomic E-state index is 12.2. The summed E-state index contributed by atoms with van der Waals surface area (Å²) in [5, 5.41) is 3.05. The highest BCUT2D eigenvalue weighted by Crippen LogP contribution is 2.26. The fourth-order valence-corrected chi connectivity index (χ4v) is 3.30. The molecule has 1 amide bonds. The van der Waals surface area contributed by atoms with E-state index in [1.165, 1.54) is 31.2 Å². The Bertz CT molecular complexity index is 476. The van der Waals surface area contributed by atoms with E-state index in [1.54, 1.807) is 7.11 Å². The molecule has 1 aliphatic rings. The molecule has 1 saturated carbocycles. The first kappa shape index (κ1) is 16.8. The molecule has 0 bridgehead atoms. The van der Waals surface area contributed by atoms with Gasteiger partial charge in [0.25, 0.3) is 5.91 Å². The van der Waals surface area contributed by atoms with E-state index in [4.69, 9.17) is 4.74 Å². The molecule has 0 aliphatic heterocycles. The summed E-state index contributed by atoms with van der Waals surface area (Å²) in [4.78, 5) is 12.2. The summed E-state index contributed by atoms with van der Waals surface area (Å²) < 4.78 is 5.96. The van der Waals surface area contributed by atoms with Crippen molar-refractivity contribution in [1.82, 2.24) is 5.32 Å². The van der Waals surface area contributed by atoms with Crippen molar-refractivity contribution < 1.29 is 14.0 Å². The molecular formula is C18H29N2O2+. The van der Waals surface area contributed by atoms with Crippen molar-refractivity contribution in [2.45, 2.75) is 38.1 Å². The smallest absolute Gasteiger partial charge is 0.275 e. The van der Waals surface area contributed by atoms with Crippen LogP contribution in [0.2, 0.25) is 0 Å². The average Bonchev–Trinajstić information content (AvgIpc) is 3.02. The third-order valence-corrected chi connectivity index (χ3v) is 4.76. The van der Waals surface area contributed by atoms with Crippen LogP contribution in [0.5, 0.6) is 5.75 Å². The van der Waals surface area contributed by atoms with Crippen molar-refractivity contribution in [1.29, 1.82) is 0 Å². The summed E-state index contributed by atoms with van der Waals surface area (Å²) in [6.45, 7) is 1.27. The standard InChI is InChI=1S/C18H28N2O2/c1-20(2,16-6-4-5-7-16)14-18(21)19-13-12-15-8-10-17(22-3)11-9-15/h8-11,16H,4-7,12-14H2,1-3H3/p+1. The summed E-state index contributed by atoms with van der Waals surface area (Å²) in [5.41, 5.74) is 1.21. The molecule has 4 nitrogen and oxygen atoms in total. The highest BCUT2D eigenvalue weighted by atomic mass is 16.5. The quantitative estimate of drug-likeness (QED) is 0.786. The van der Waals surface area contributed by atoms with Crippen molar-refractivity contribution in [3.63, 3.8) is 0 Å². The molecule has 1 N–H and O–H groups in total. The van der Waals surface area contributed by atoms with Crippen LogP contribution in [-0.4, -0.2) is 50.7 Å². The van der Waals surface area contributed by atoms with E-state index in [9.17, 15) is 4.79 Å². The summed E-state index contributed by atoms with van der Waals surface area (Å²) in [7, 11) is 6.03. The zero-order chi connectivity index (χ0) is 16.0. The predicted molar refractivity (Wildman–Crippen MR) is 88.9 cm³/mol. The van der Waals surface area contributed by atoms with Crippen molar-refractivity contribution in [2.75, 3.05) is 34.3 Å². The molecule has 1 aromatic carbocycles. The Hall–Kier alpha value is -1.55. The Morgan fingerprint density at radius 2 is 1.86 bits per heavy atom. The second-order valence-electron chi connectivity index (χ2n) is 6.82. The number of carbonyl (C=O) groups excluding carboxylic acids is 1. The van der Waals surface area contributed by atoms with Crippen molar-refractivity contribution in [2.24, 2.45) is 0 Å². The van der Waals surface area contributed by atoms with Crippen LogP contribution in [0.1, 0.15) is 31.2 Å². The molecule has 0 spiro atoms. The van der Waals surface area contributed by atoms with Gasteiger partial charge in [-0.05, 0) is 49.8 Å². The van der Waals surface area contributed by atoms with Crippen LogP contribution in [0.25, 0.3) is 0 Å². The number of amides is 1.